The summed E-state index contributed by atoms with van der Waals surface area (Å²) in [5.41, 5.74) is -0.129. The lowest BCUT2D eigenvalue weighted by Gasteiger charge is -2.36. The van der Waals surface area contributed by atoms with Crippen LogP contribution in [-0.4, -0.2) is 27.7 Å². The van der Waals surface area contributed by atoms with Crippen LogP contribution in [0.1, 0.15) is 11.1 Å². The first-order chi connectivity index (χ1) is 13.4. The molecular weight excluding hydrogens is 387 g/mol. The Morgan fingerprint density at radius 3 is 2.54 bits per heavy atom. The van der Waals surface area contributed by atoms with Crippen LogP contribution in [0.15, 0.2) is 65.1 Å². The van der Waals surface area contributed by atoms with Gasteiger partial charge in [-0.2, -0.15) is 23.3 Å². The molecule has 0 radical (unpaired) electrons. The molecule has 8 heteroatoms. The molecule has 1 N–H and O–H groups in total. The number of aliphatic hydroxyl groups is 1. The van der Waals surface area contributed by atoms with Gasteiger partial charge < -0.3 is 5.11 Å². The number of rotatable bonds is 2. The van der Waals surface area contributed by atoms with Crippen LogP contribution in [0.4, 0.5) is 18.3 Å². The Morgan fingerprint density at radius 2 is 1.79 bits per heavy atom. The molecule has 28 heavy (non-hydrogen) atoms. The summed E-state index contributed by atoms with van der Waals surface area (Å²) in [6.45, 7) is 0. The van der Waals surface area contributed by atoms with E-state index in [1.54, 1.807) is 29.6 Å². The number of benzene rings is 2. The molecule has 0 amide bonds. The molecule has 2 atom stereocenters. The van der Waals surface area contributed by atoms with Gasteiger partial charge in [0.15, 0.2) is 0 Å². The number of fused-ring (bicyclic) bond motifs is 3. The van der Waals surface area contributed by atoms with Crippen LogP contribution < -0.4 is 5.01 Å². The van der Waals surface area contributed by atoms with E-state index in [2.05, 4.69) is 10.1 Å². The monoisotopic (exact) mass is 401 g/mol. The molecule has 142 valence electrons. The van der Waals surface area contributed by atoms with Gasteiger partial charge in [0, 0.05) is 16.5 Å². The smallest absolute Gasteiger partial charge is 0.362 e. The molecule has 1 aromatic heterocycles. The quantitative estimate of drug-likeness (QED) is 0.690. The van der Waals surface area contributed by atoms with Crippen LogP contribution in [0.25, 0.3) is 11.3 Å². The van der Waals surface area contributed by atoms with Gasteiger partial charge in [-0.05, 0) is 12.0 Å². The number of aromatic nitrogens is 1. The van der Waals surface area contributed by atoms with Gasteiger partial charge in [0.25, 0.3) is 5.72 Å². The van der Waals surface area contributed by atoms with Gasteiger partial charge >= 0.3 is 6.18 Å². The fourth-order valence-corrected chi connectivity index (χ4v) is 4.69. The van der Waals surface area contributed by atoms with Gasteiger partial charge in [0.2, 0.25) is 5.13 Å². The summed E-state index contributed by atoms with van der Waals surface area (Å²) in [4.78, 5) is 4.33. The first-order valence-corrected chi connectivity index (χ1v) is 9.54. The molecule has 2 aromatic carbocycles. The molecule has 4 nitrogen and oxygen atoms in total. The molecule has 1 aliphatic heterocycles. The molecule has 0 saturated heterocycles. The summed E-state index contributed by atoms with van der Waals surface area (Å²) in [5, 5.41) is 17.5. The molecule has 2 heterocycles. The van der Waals surface area contributed by atoms with Crippen LogP contribution in [-0.2, 0) is 6.42 Å². The van der Waals surface area contributed by atoms with Gasteiger partial charge in [-0.3, -0.25) is 0 Å². The summed E-state index contributed by atoms with van der Waals surface area (Å²) in [6.07, 6.45) is -4.82. The highest BCUT2D eigenvalue weighted by atomic mass is 32.1. The summed E-state index contributed by atoms with van der Waals surface area (Å²) >= 11 is 1.03. The molecular formula is C20H14F3N3OS. The molecule has 0 unspecified atom stereocenters. The predicted octanol–water partition coefficient (Wildman–Crippen LogP) is 4.46. The van der Waals surface area contributed by atoms with Crippen molar-refractivity contribution in [2.24, 2.45) is 11.0 Å². The van der Waals surface area contributed by atoms with Crippen LogP contribution in [0.2, 0.25) is 0 Å². The molecule has 0 saturated carbocycles. The van der Waals surface area contributed by atoms with Crippen molar-refractivity contribution >= 4 is 22.2 Å². The van der Waals surface area contributed by atoms with E-state index in [0.717, 1.165) is 22.5 Å². The lowest BCUT2D eigenvalue weighted by atomic mass is 9.91. The zero-order chi connectivity index (χ0) is 19.5. The van der Waals surface area contributed by atoms with Crippen molar-refractivity contribution in [3.63, 3.8) is 0 Å². The number of hydrazone groups is 1. The van der Waals surface area contributed by atoms with E-state index in [1.807, 2.05) is 30.3 Å². The Bertz CT molecular complexity index is 1080. The fraction of sp³-hybridized carbons (Fsp3) is 0.200. The molecule has 5 rings (SSSR count). The van der Waals surface area contributed by atoms with E-state index in [1.165, 1.54) is 0 Å². The molecule has 0 bridgehead atoms. The van der Waals surface area contributed by atoms with Crippen molar-refractivity contribution in [3.8, 4) is 11.3 Å². The maximum absolute atomic E-state index is 14.1. The second-order valence-corrected chi connectivity index (χ2v) is 7.65. The number of anilines is 1. The first-order valence-electron chi connectivity index (χ1n) is 8.66. The largest absolute Gasteiger partial charge is 0.439 e. The lowest BCUT2D eigenvalue weighted by molar-refractivity contribution is -0.267. The zero-order valence-electron chi connectivity index (χ0n) is 14.4. The molecule has 1 aliphatic carbocycles. The summed E-state index contributed by atoms with van der Waals surface area (Å²) in [7, 11) is 0. The van der Waals surface area contributed by atoms with Gasteiger partial charge in [-0.25, -0.2) is 4.98 Å². The van der Waals surface area contributed by atoms with Crippen LogP contribution >= 0.6 is 11.3 Å². The van der Waals surface area contributed by atoms with E-state index in [-0.39, 0.29) is 17.3 Å². The third kappa shape index (κ3) is 2.34. The van der Waals surface area contributed by atoms with Crippen LogP contribution in [0, 0.1) is 5.92 Å². The lowest BCUT2D eigenvalue weighted by Crippen LogP contribution is -2.60. The Labute approximate surface area is 162 Å². The number of nitrogens with zero attached hydrogens (tertiary/aromatic N) is 3. The number of thiazole rings is 1. The Balaban J connectivity index is 1.62. The fourth-order valence-electron chi connectivity index (χ4n) is 3.85. The molecule has 0 spiro atoms. The second kappa shape index (κ2) is 5.89. The number of halogens is 3. The average molecular weight is 401 g/mol. The highest BCUT2D eigenvalue weighted by Gasteiger charge is 2.69. The van der Waals surface area contributed by atoms with Gasteiger partial charge in [-0.15, -0.1) is 11.3 Å². The Kier molecular flexibility index (Phi) is 3.66. The molecule has 3 aromatic rings. The maximum atomic E-state index is 14.1. The van der Waals surface area contributed by atoms with Gasteiger partial charge in [0.05, 0.1) is 17.3 Å². The summed E-state index contributed by atoms with van der Waals surface area (Å²) in [6, 6.07) is 16.2. The van der Waals surface area contributed by atoms with Crippen LogP contribution in [0.3, 0.4) is 0 Å². The predicted molar refractivity (Wildman–Crippen MR) is 101 cm³/mol. The SMILES string of the molecule is O[C@]1(C(F)(F)F)[C@H]2Cc3ccccc3C2=NN1c1nc(-c2ccccc2)cs1. The zero-order valence-corrected chi connectivity index (χ0v) is 15.2. The van der Waals surface area contributed by atoms with Crippen molar-refractivity contribution in [1.82, 2.24) is 4.98 Å². The van der Waals surface area contributed by atoms with Crippen molar-refractivity contribution in [3.05, 3.63) is 71.1 Å². The minimum atomic E-state index is -4.90. The van der Waals surface area contributed by atoms with Gasteiger partial charge in [0.1, 0.15) is 0 Å². The molecule has 0 fully saturated rings. The highest BCUT2D eigenvalue weighted by molar-refractivity contribution is 7.14. The van der Waals surface area contributed by atoms with E-state index in [4.69, 9.17) is 0 Å². The number of alkyl halides is 3. The normalized spacial score (nSPS) is 23.5. The maximum Gasteiger partial charge on any atom is 0.439 e. The van der Waals surface area contributed by atoms with Gasteiger partial charge in [-0.1, -0.05) is 54.6 Å². The van der Waals surface area contributed by atoms with Crippen molar-refractivity contribution < 1.29 is 18.3 Å². The van der Waals surface area contributed by atoms with E-state index < -0.39 is 17.8 Å². The second-order valence-electron chi connectivity index (χ2n) is 6.82. The average Bonchev–Trinajstić information content (AvgIpc) is 3.36. The highest BCUT2D eigenvalue weighted by Crippen LogP contribution is 2.51. The van der Waals surface area contributed by atoms with E-state index in [0.29, 0.717) is 16.3 Å². The van der Waals surface area contributed by atoms with Crippen molar-refractivity contribution in [1.29, 1.82) is 0 Å². The minimum Gasteiger partial charge on any atom is -0.362 e. The standard InChI is InChI=1S/C20H14F3N3OS/c21-20(22,23)19(27)15-10-13-8-4-5-9-14(13)17(15)25-26(19)18-24-16(11-28-18)12-6-2-1-3-7-12/h1-9,11,15,27H,10H2/t15-,19-/m0/s1. The van der Waals surface area contributed by atoms with E-state index in [9.17, 15) is 18.3 Å². The third-order valence-corrected chi connectivity index (χ3v) is 6.04. The van der Waals surface area contributed by atoms with Crippen LogP contribution in [0.5, 0.6) is 0 Å². The third-order valence-electron chi connectivity index (χ3n) is 5.22. The Morgan fingerprint density at radius 1 is 1.07 bits per heavy atom. The number of hydrogen-bond donors (Lipinski definition) is 1. The molecule has 2 aliphatic rings. The summed E-state index contributed by atoms with van der Waals surface area (Å²) < 4.78 is 42.3. The van der Waals surface area contributed by atoms with Crippen molar-refractivity contribution in [2.45, 2.75) is 18.3 Å². The Hall–Kier alpha value is -2.71. The topological polar surface area (TPSA) is 48.7 Å². The number of hydrogen-bond acceptors (Lipinski definition) is 5. The minimum absolute atomic E-state index is 0.0121. The van der Waals surface area contributed by atoms with Crippen molar-refractivity contribution in [2.75, 3.05) is 5.01 Å². The first kappa shape index (κ1) is 17.4. The van der Waals surface area contributed by atoms with E-state index >= 15 is 0 Å². The summed E-state index contributed by atoms with van der Waals surface area (Å²) in [5.74, 6) is -1.19.